The summed E-state index contributed by atoms with van der Waals surface area (Å²) in [7, 11) is 0. The monoisotopic (exact) mass is 446 g/mol. The van der Waals surface area contributed by atoms with Gasteiger partial charge in [0, 0.05) is 12.2 Å². The third-order valence-corrected chi connectivity index (χ3v) is 6.03. The SMILES string of the molecule is CCCCCCCCNC(=O)CSc1nnc(NC(=O)Nc2cccc(C#N)c2)s1. The van der Waals surface area contributed by atoms with Gasteiger partial charge in [-0.2, -0.15) is 5.26 Å². The highest BCUT2D eigenvalue weighted by Gasteiger charge is 2.11. The molecule has 0 unspecified atom stereocenters. The number of benzene rings is 1. The molecule has 10 heteroatoms. The lowest BCUT2D eigenvalue weighted by molar-refractivity contribution is -0.118. The van der Waals surface area contributed by atoms with Gasteiger partial charge in [0.05, 0.1) is 17.4 Å². The Morgan fingerprint density at radius 1 is 1.13 bits per heavy atom. The van der Waals surface area contributed by atoms with Crippen molar-refractivity contribution < 1.29 is 9.59 Å². The van der Waals surface area contributed by atoms with Gasteiger partial charge < -0.3 is 10.6 Å². The number of hydrogen-bond acceptors (Lipinski definition) is 7. The maximum atomic E-state index is 12.0. The summed E-state index contributed by atoms with van der Waals surface area (Å²) in [6.45, 7) is 2.89. The minimum Gasteiger partial charge on any atom is -0.355 e. The normalized spacial score (nSPS) is 10.3. The maximum absolute atomic E-state index is 12.0. The Bertz CT molecular complexity index is 865. The number of unbranched alkanes of at least 4 members (excludes halogenated alkanes) is 5. The zero-order valence-electron chi connectivity index (χ0n) is 16.9. The van der Waals surface area contributed by atoms with E-state index in [-0.39, 0.29) is 11.7 Å². The summed E-state index contributed by atoms with van der Waals surface area (Å²) >= 11 is 2.48. The number of amides is 3. The molecule has 0 aliphatic rings. The Labute approximate surface area is 184 Å². The minimum atomic E-state index is -0.477. The summed E-state index contributed by atoms with van der Waals surface area (Å²) < 4.78 is 0.603. The van der Waals surface area contributed by atoms with E-state index in [9.17, 15) is 9.59 Å². The molecule has 2 aromatic rings. The van der Waals surface area contributed by atoms with Crippen LogP contribution in [0.15, 0.2) is 28.6 Å². The highest BCUT2D eigenvalue weighted by atomic mass is 32.2. The molecular formula is C20H26N6O2S2. The van der Waals surface area contributed by atoms with Crippen LogP contribution in [0.4, 0.5) is 15.6 Å². The van der Waals surface area contributed by atoms with Crippen LogP contribution in [-0.2, 0) is 4.79 Å². The summed E-state index contributed by atoms with van der Waals surface area (Å²) in [6, 6.07) is 8.14. The highest BCUT2D eigenvalue weighted by Crippen LogP contribution is 2.25. The molecule has 2 rings (SSSR count). The van der Waals surface area contributed by atoms with E-state index in [1.54, 1.807) is 24.3 Å². The van der Waals surface area contributed by atoms with Gasteiger partial charge in [0.15, 0.2) is 4.34 Å². The van der Waals surface area contributed by atoms with E-state index in [1.165, 1.54) is 48.8 Å². The van der Waals surface area contributed by atoms with Crippen LogP contribution in [-0.4, -0.2) is 34.4 Å². The fourth-order valence-corrected chi connectivity index (χ4v) is 4.13. The van der Waals surface area contributed by atoms with Crippen LogP contribution in [0.1, 0.15) is 51.0 Å². The van der Waals surface area contributed by atoms with Crippen molar-refractivity contribution >= 4 is 45.9 Å². The largest absolute Gasteiger partial charge is 0.355 e. The van der Waals surface area contributed by atoms with Gasteiger partial charge >= 0.3 is 6.03 Å². The average molecular weight is 447 g/mol. The van der Waals surface area contributed by atoms with Crippen LogP contribution in [0.2, 0.25) is 0 Å². The van der Waals surface area contributed by atoms with E-state index in [0.717, 1.165) is 12.8 Å². The number of thioether (sulfide) groups is 1. The topological polar surface area (TPSA) is 120 Å². The molecule has 1 aromatic carbocycles. The predicted molar refractivity (Wildman–Crippen MR) is 121 cm³/mol. The first kappa shape index (κ1) is 23.6. The van der Waals surface area contributed by atoms with Crippen LogP contribution < -0.4 is 16.0 Å². The number of carbonyl (C=O) groups excluding carboxylic acids is 2. The van der Waals surface area contributed by atoms with E-state index in [2.05, 4.69) is 33.1 Å². The molecule has 0 saturated carbocycles. The van der Waals surface area contributed by atoms with Gasteiger partial charge in [-0.05, 0) is 24.6 Å². The van der Waals surface area contributed by atoms with Crippen molar-refractivity contribution in [3.05, 3.63) is 29.8 Å². The van der Waals surface area contributed by atoms with Crippen LogP contribution in [0.5, 0.6) is 0 Å². The molecule has 0 bridgehead atoms. The molecule has 0 aliphatic heterocycles. The number of carbonyl (C=O) groups is 2. The van der Waals surface area contributed by atoms with Gasteiger partial charge in [-0.1, -0.05) is 68.2 Å². The number of rotatable bonds is 12. The molecule has 0 radical (unpaired) electrons. The lowest BCUT2D eigenvalue weighted by Gasteiger charge is -2.05. The van der Waals surface area contributed by atoms with Gasteiger partial charge in [0.2, 0.25) is 11.0 Å². The highest BCUT2D eigenvalue weighted by molar-refractivity contribution is 8.01. The summed E-state index contributed by atoms with van der Waals surface area (Å²) in [6.07, 6.45) is 7.13. The molecule has 3 amide bonds. The van der Waals surface area contributed by atoms with Crippen molar-refractivity contribution in [2.24, 2.45) is 0 Å². The Hall–Kier alpha value is -2.64. The smallest absolute Gasteiger partial charge is 0.325 e. The molecule has 3 N–H and O–H groups in total. The van der Waals surface area contributed by atoms with Gasteiger partial charge in [-0.15, -0.1) is 10.2 Å². The van der Waals surface area contributed by atoms with E-state index < -0.39 is 6.03 Å². The first-order valence-electron chi connectivity index (χ1n) is 9.92. The maximum Gasteiger partial charge on any atom is 0.325 e. The summed E-state index contributed by atoms with van der Waals surface area (Å²) in [4.78, 5) is 24.0. The van der Waals surface area contributed by atoms with Gasteiger partial charge in [0.25, 0.3) is 0 Å². The predicted octanol–water partition coefficient (Wildman–Crippen LogP) is 4.62. The number of nitrogens with zero attached hydrogens (tertiary/aromatic N) is 3. The van der Waals surface area contributed by atoms with Crippen molar-refractivity contribution in [2.75, 3.05) is 22.9 Å². The number of nitriles is 1. The molecule has 1 aromatic heterocycles. The molecular weight excluding hydrogens is 420 g/mol. The minimum absolute atomic E-state index is 0.0339. The number of urea groups is 1. The first-order valence-corrected chi connectivity index (χ1v) is 11.7. The van der Waals surface area contributed by atoms with E-state index in [0.29, 0.717) is 27.3 Å². The fourth-order valence-electron chi connectivity index (χ4n) is 2.56. The van der Waals surface area contributed by atoms with Crippen molar-refractivity contribution in [2.45, 2.75) is 49.8 Å². The third kappa shape index (κ3) is 9.24. The molecule has 1 heterocycles. The van der Waals surface area contributed by atoms with Gasteiger partial charge in [-0.3, -0.25) is 10.1 Å². The summed E-state index contributed by atoms with van der Waals surface area (Å²) in [5.74, 6) is 0.228. The second-order valence-corrected chi connectivity index (χ2v) is 8.75. The standard InChI is InChI=1S/C20H26N6O2S2/c1-2-3-4-5-6-7-11-22-17(27)14-29-20-26-25-19(30-20)24-18(28)23-16-10-8-9-15(12-16)13-21/h8-10,12H,2-7,11,14H2,1H3,(H,22,27)(H2,23,24,25,28). The van der Waals surface area contributed by atoms with Crippen LogP contribution in [0, 0.1) is 11.3 Å². The van der Waals surface area contributed by atoms with Crippen LogP contribution in [0.3, 0.4) is 0 Å². The summed E-state index contributed by atoms with van der Waals surface area (Å²) in [5, 5.41) is 25.3. The average Bonchev–Trinajstić information content (AvgIpc) is 3.18. The van der Waals surface area contributed by atoms with E-state index >= 15 is 0 Å². The molecule has 8 nitrogen and oxygen atoms in total. The number of anilines is 2. The number of aromatic nitrogens is 2. The van der Waals surface area contributed by atoms with Crippen molar-refractivity contribution in [3.63, 3.8) is 0 Å². The fraction of sp³-hybridized carbons (Fsp3) is 0.450. The molecule has 0 atom stereocenters. The van der Waals surface area contributed by atoms with Crippen molar-refractivity contribution in [1.82, 2.24) is 15.5 Å². The van der Waals surface area contributed by atoms with Gasteiger partial charge in [-0.25, -0.2) is 4.79 Å². The zero-order chi connectivity index (χ0) is 21.6. The van der Waals surface area contributed by atoms with Gasteiger partial charge in [0.1, 0.15) is 0 Å². The molecule has 0 fully saturated rings. The number of hydrogen-bond donors (Lipinski definition) is 3. The first-order chi connectivity index (χ1) is 14.6. The second-order valence-electron chi connectivity index (χ2n) is 6.55. The Kier molecular flexibility index (Phi) is 10.7. The molecule has 160 valence electrons. The van der Waals surface area contributed by atoms with E-state index in [4.69, 9.17) is 5.26 Å². The molecule has 0 saturated heterocycles. The molecule has 0 spiro atoms. The van der Waals surface area contributed by atoms with Crippen LogP contribution in [0.25, 0.3) is 0 Å². The molecule has 0 aliphatic carbocycles. The Balaban J connectivity index is 1.65. The number of nitrogens with one attached hydrogen (secondary N) is 3. The Morgan fingerprint density at radius 2 is 1.93 bits per heavy atom. The van der Waals surface area contributed by atoms with E-state index in [1.807, 2.05) is 6.07 Å². The van der Waals surface area contributed by atoms with Crippen molar-refractivity contribution in [3.8, 4) is 6.07 Å². The second kappa shape index (κ2) is 13.6. The lowest BCUT2D eigenvalue weighted by atomic mass is 10.1. The lowest BCUT2D eigenvalue weighted by Crippen LogP contribution is -2.26. The van der Waals surface area contributed by atoms with Crippen molar-refractivity contribution in [1.29, 1.82) is 5.26 Å². The summed E-state index contributed by atoms with van der Waals surface area (Å²) in [5.41, 5.74) is 0.963. The van der Waals surface area contributed by atoms with Crippen LogP contribution >= 0.6 is 23.1 Å². The molecule has 30 heavy (non-hydrogen) atoms. The third-order valence-electron chi connectivity index (χ3n) is 4.06. The quantitative estimate of drug-likeness (QED) is 0.248. The Morgan fingerprint density at radius 3 is 2.73 bits per heavy atom. The zero-order valence-corrected chi connectivity index (χ0v) is 18.6.